The van der Waals surface area contributed by atoms with Crippen LogP contribution in [-0.4, -0.2) is 39.8 Å². The van der Waals surface area contributed by atoms with Gasteiger partial charge in [-0.05, 0) is 44.0 Å². The SMILES string of the molecule is CCOCCCNC(=O)c1ccc(N(C)C)c(C)c1. The van der Waals surface area contributed by atoms with Crippen molar-refractivity contribution in [3.05, 3.63) is 29.3 Å². The zero-order valence-corrected chi connectivity index (χ0v) is 12.3. The third-order valence-electron chi connectivity index (χ3n) is 2.90. The van der Waals surface area contributed by atoms with Crippen molar-refractivity contribution in [2.24, 2.45) is 0 Å². The highest BCUT2D eigenvalue weighted by Gasteiger charge is 2.07. The van der Waals surface area contributed by atoms with Gasteiger partial charge in [0, 0.05) is 45.1 Å². The predicted molar refractivity (Wildman–Crippen MR) is 78.9 cm³/mol. The Kier molecular flexibility index (Phi) is 6.36. The van der Waals surface area contributed by atoms with Crippen LogP contribution in [-0.2, 0) is 4.74 Å². The van der Waals surface area contributed by atoms with Gasteiger partial charge in [-0.1, -0.05) is 0 Å². The van der Waals surface area contributed by atoms with Crippen LogP contribution in [0.3, 0.4) is 0 Å². The average molecular weight is 264 g/mol. The number of ether oxygens (including phenoxy) is 1. The van der Waals surface area contributed by atoms with E-state index in [-0.39, 0.29) is 5.91 Å². The molecule has 0 aliphatic carbocycles. The van der Waals surface area contributed by atoms with Crippen LogP contribution in [0.5, 0.6) is 0 Å². The summed E-state index contributed by atoms with van der Waals surface area (Å²) >= 11 is 0. The molecule has 0 aliphatic heterocycles. The second-order valence-electron chi connectivity index (χ2n) is 4.70. The Balaban J connectivity index is 2.51. The number of amides is 1. The number of nitrogens with zero attached hydrogens (tertiary/aromatic N) is 1. The van der Waals surface area contributed by atoms with Crippen molar-refractivity contribution in [3.63, 3.8) is 0 Å². The van der Waals surface area contributed by atoms with Crippen LogP contribution in [0.1, 0.15) is 29.3 Å². The molecule has 4 nitrogen and oxygen atoms in total. The van der Waals surface area contributed by atoms with Crippen LogP contribution >= 0.6 is 0 Å². The van der Waals surface area contributed by atoms with Gasteiger partial charge in [-0.3, -0.25) is 4.79 Å². The minimum absolute atomic E-state index is 0.0232. The molecule has 0 aromatic heterocycles. The first-order valence-corrected chi connectivity index (χ1v) is 6.70. The molecule has 0 bridgehead atoms. The van der Waals surface area contributed by atoms with E-state index in [4.69, 9.17) is 4.74 Å². The lowest BCUT2D eigenvalue weighted by Gasteiger charge is -2.16. The van der Waals surface area contributed by atoms with Crippen molar-refractivity contribution in [1.82, 2.24) is 5.32 Å². The van der Waals surface area contributed by atoms with E-state index in [1.807, 2.05) is 51.0 Å². The molecule has 106 valence electrons. The number of benzene rings is 1. The van der Waals surface area contributed by atoms with Crippen LogP contribution in [0.2, 0.25) is 0 Å². The Morgan fingerprint density at radius 3 is 2.68 bits per heavy atom. The summed E-state index contributed by atoms with van der Waals surface area (Å²) < 4.78 is 5.23. The molecule has 0 fully saturated rings. The fourth-order valence-electron chi connectivity index (χ4n) is 1.92. The topological polar surface area (TPSA) is 41.6 Å². The van der Waals surface area contributed by atoms with E-state index in [1.165, 1.54) is 0 Å². The minimum Gasteiger partial charge on any atom is -0.382 e. The predicted octanol–water partition coefficient (Wildman–Crippen LogP) is 2.22. The smallest absolute Gasteiger partial charge is 0.251 e. The second-order valence-corrected chi connectivity index (χ2v) is 4.70. The number of carbonyl (C=O) groups is 1. The molecule has 0 aliphatic rings. The highest BCUT2D eigenvalue weighted by molar-refractivity contribution is 5.94. The molecule has 1 N–H and O–H groups in total. The summed E-state index contributed by atoms with van der Waals surface area (Å²) in [7, 11) is 3.99. The molecule has 1 aromatic carbocycles. The largest absolute Gasteiger partial charge is 0.382 e. The maximum Gasteiger partial charge on any atom is 0.251 e. The standard InChI is InChI=1S/C15H24N2O2/c1-5-19-10-6-9-16-15(18)13-7-8-14(17(3)4)12(2)11-13/h7-8,11H,5-6,9-10H2,1-4H3,(H,16,18). The van der Waals surface area contributed by atoms with E-state index in [2.05, 4.69) is 5.32 Å². The van der Waals surface area contributed by atoms with Crippen molar-refractivity contribution >= 4 is 11.6 Å². The molecule has 0 radical (unpaired) electrons. The van der Waals surface area contributed by atoms with Gasteiger partial charge in [0.15, 0.2) is 0 Å². The molecule has 0 unspecified atom stereocenters. The zero-order valence-electron chi connectivity index (χ0n) is 12.3. The summed E-state index contributed by atoms with van der Waals surface area (Å²) in [6, 6.07) is 5.76. The van der Waals surface area contributed by atoms with Gasteiger partial charge >= 0.3 is 0 Å². The Hall–Kier alpha value is -1.55. The van der Waals surface area contributed by atoms with Gasteiger partial charge in [0.25, 0.3) is 5.91 Å². The van der Waals surface area contributed by atoms with Crippen LogP contribution in [0, 0.1) is 6.92 Å². The number of anilines is 1. The molecular formula is C15H24N2O2. The van der Waals surface area contributed by atoms with E-state index in [0.717, 1.165) is 24.3 Å². The van der Waals surface area contributed by atoms with Gasteiger partial charge in [0.1, 0.15) is 0 Å². The summed E-state index contributed by atoms with van der Waals surface area (Å²) in [6.45, 7) is 6.04. The molecule has 19 heavy (non-hydrogen) atoms. The van der Waals surface area contributed by atoms with Gasteiger partial charge in [-0.2, -0.15) is 0 Å². The third kappa shape index (κ3) is 4.91. The lowest BCUT2D eigenvalue weighted by Crippen LogP contribution is -2.25. The van der Waals surface area contributed by atoms with Crippen molar-refractivity contribution < 1.29 is 9.53 Å². The van der Waals surface area contributed by atoms with E-state index in [9.17, 15) is 4.79 Å². The van der Waals surface area contributed by atoms with E-state index >= 15 is 0 Å². The molecule has 0 atom stereocenters. The van der Waals surface area contributed by atoms with Crippen molar-refractivity contribution in [2.75, 3.05) is 38.8 Å². The monoisotopic (exact) mass is 264 g/mol. The van der Waals surface area contributed by atoms with Gasteiger partial charge in [-0.15, -0.1) is 0 Å². The lowest BCUT2D eigenvalue weighted by atomic mass is 10.1. The number of nitrogens with one attached hydrogen (secondary N) is 1. The van der Waals surface area contributed by atoms with E-state index in [0.29, 0.717) is 18.7 Å². The first-order valence-electron chi connectivity index (χ1n) is 6.70. The van der Waals surface area contributed by atoms with Crippen molar-refractivity contribution in [2.45, 2.75) is 20.3 Å². The molecule has 1 aromatic rings. The zero-order chi connectivity index (χ0) is 14.3. The molecule has 1 amide bonds. The molecule has 0 spiro atoms. The highest BCUT2D eigenvalue weighted by atomic mass is 16.5. The quantitative estimate of drug-likeness (QED) is 0.768. The number of aryl methyl sites for hydroxylation is 1. The lowest BCUT2D eigenvalue weighted by molar-refractivity contribution is 0.0944. The van der Waals surface area contributed by atoms with Gasteiger partial charge < -0.3 is 15.0 Å². The van der Waals surface area contributed by atoms with Crippen molar-refractivity contribution in [3.8, 4) is 0 Å². The highest BCUT2D eigenvalue weighted by Crippen LogP contribution is 2.18. The normalized spacial score (nSPS) is 10.3. The fourth-order valence-corrected chi connectivity index (χ4v) is 1.92. The summed E-state index contributed by atoms with van der Waals surface area (Å²) in [4.78, 5) is 14.0. The molecule has 0 heterocycles. The molecule has 0 saturated heterocycles. The van der Waals surface area contributed by atoms with Gasteiger partial charge in [0.05, 0.1) is 0 Å². The molecule has 0 saturated carbocycles. The number of carbonyl (C=O) groups excluding carboxylic acids is 1. The summed E-state index contributed by atoms with van der Waals surface area (Å²) in [5, 5.41) is 2.90. The summed E-state index contributed by atoms with van der Waals surface area (Å²) in [5.41, 5.74) is 2.94. The molecule has 1 rings (SSSR count). The third-order valence-corrected chi connectivity index (χ3v) is 2.90. The Labute approximate surface area is 115 Å². The summed E-state index contributed by atoms with van der Waals surface area (Å²) in [5.74, 6) is -0.0232. The fraction of sp³-hybridized carbons (Fsp3) is 0.533. The van der Waals surface area contributed by atoms with Crippen LogP contribution in [0.15, 0.2) is 18.2 Å². The van der Waals surface area contributed by atoms with Crippen LogP contribution in [0.4, 0.5) is 5.69 Å². The number of rotatable bonds is 7. The molecular weight excluding hydrogens is 240 g/mol. The van der Waals surface area contributed by atoms with E-state index in [1.54, 1.807) is 0 Å². The summed E-state index contributed by atoms with van der Waals surface area (Å²) in [6.07, 6.45) is 0.842. The minimum atomic E-state index is -0.0232. The Morgan fingerprint density at radius 1 is 1.37 bits per heavy atom. The van der Waals surface area contributed by atoms with Crippen LogP contribution in [0.25, 0.3) is 0 Å². The van der Waals surface area contributed by atoms with Gasteiger partial charge in [-0.25, -0.2) is 0 Å². The maximum atomic E-state index is 11.9. The maximum absolute atomic E-state index is 11.9. The van der Waals surface area contributed by atoms with Gasteiger partial charge in [0.2, 0.25) is 0 Å². The average Bonchev–Trinajstić information content (AvgIpc) is 2.37. The first kappa shape index (κ1) is 15.5. The Morgan fingerprint density at radius 2 is 2.11 bits per heavy atom. The molecule has 4 heteroatoms. The second kappa shape index (κ2) is 7.79. The number of hydrogen-bond acceptors (Lipinski definition) is 3. The van der Waals surface area contributed by atoms with Crippen LogP contribution < -0.4 is 10.2 Å². The first-order chi connectivity index (χ1) is 9.06. The number of hydrogen-bond donors (Lipinski definition) is 1. The Bertz CT molecular complexity index is 417. The van der Waals surface area contributed by atoms with Crippen molar-refractivity contribution in [1.29, 1.82) is 0 Å². The van der Waals surface area contributed by atoms with E-state index < -0.39 is 0 Å².